The van der Waals surface area contributed by atoms with Crippen molar-refractivity contribution in [3.05, 3.63) is 11.6 Å². The van der Waals surface area contributed by atoms with E-state index in [-0.39, 0.29) is 5.88 Å². The molecular weight excluding hydrogens is 168 g/mol. The smallest absolute Gasteiger partial charge is 0.328 e. The first-order valence-electron chi connectivity index (χ1n) is 3.01. The Hall–Kier alpha value is -0.910. The molecule has 0 atom stereocenters. The average molecular weight is 178 g/mol. The second-order valence-electron chi connectivity index (χ2n) is 2.35. The number of allylic oxidation sites excluding steroid dienone is 1. The zero-order valence-electron chi connectivity index (χ0n) is 6.57. The van der Waals surface area contributed by atoms with Gasteiger partial charge in [0.15, 0.2) is 0 Å². The summed E-state index contributed by atoms with van der Waals surface area (Å²) in [5, 5.41) is 9.16. The molecule has 5 nitrogen and oxygen atoms in total. The highest BCUT2D eigenvalue weighted by molar-refractivity contribution is 7.87. The number of hydrogen-bond acceptors (Lipinski definition) is 3. The molecular formula is C5H10N2O3S. The maximum atomic E-state index is 11.2. The van der Waals surface area contributed by atoms with Crippen molar-refractivity contribution in [2.75, 3.05) is 14.1 Å². The van der Waals surface area contributed by atoms with Crippen molar-refractivity contribution in [3.8, 4) is 0 Å². The molecule has 64 valence electrons. The summed E-state index contributed by atoms with van der Waals surface area (Å²) in [6.45, 7) is 1.54. The van der Waals surface area contributed by atoms with Gasteiger partial charge in [-0.05, 0) is 6.92 Å². The molecule has 0 aromatic carbocycles. The summed E-state index contributed by atoms with van der Waals surface area (Å²) in [5.74, 6) is -0.215. The fraction of sp³-hybridized carbons (Fsp3) is 0.600. The normalized spacial score (nSPS) is 23.2. The minimum atomic E-state index is -3.46. The Morgan fingerprint density at radius 1 is 1.27 bits per heavy atom. The summed E-state index contributed by atoms with van der Waals surface area (Å²) < 4.78 is 24.2. The summed E-state index contributed by atoms with van der Waals surface area (Å²) in [5.41, 5.74) is 0.340. The Kier molecular flexibility index (Phi) is 1.52. The van der Waals surface area contributed by atoms with Crippen LogP contribution in [0.1, 0.15) is 6.92 Å². The number of aliphatic hydroxyl groups is 1. The van der Waals surface area contributed by atoms with Crippen LogP contribution in [0.5, 0.6) is 0 Å². The van der Waals surface area contributed by atoms with Gasteiger partial charge in [0.1, 0.15) is 0 Å². The van der Waals surface area contributed by atoms with E-state index in [1.165, 1.54) is 21.0 Å². The Labute approximate surface area is 65.7 Å². The van der Waals surface area contributed by atoms with Crippen LogP contribution in [0, 0.1) is 0 Å². The lowest BCUT2D eigenvalue weighted by atomic mass is 10.5. The van der Waals surface area contributed by atoms with E-state index in [4.69, 9.17) is 5.11 Å². The molecule has 0 saturated heterocycles. The van der Waals surface area contributed by atoms with Gasteiger partial charge >= 0.3 is 10.2 Å². The van der Waals surface area contributed by atoms with Crippen LogP contribution < -0.4 is 0 Å². The zero-order valence-corrected chi connectivity index (χ0v) is 7.38. The lowest BCUT2D eigenvalue weighted by Crippen LogP contribution is -2.29. The van der Waals surface area contributed by atoms with Gasteiger partial charge in [-0.15, -0.1) is 0 Å². The van der Waals surface area contributed by atoms with Gasteiger partial charge in [-0.2, -0.15) is 8.42 Å². The number of nitrogens with zero attached hydrogens (tertiary/aromatic N) is 2. The second kappa shape index (κ2) is 2.04. The molecule has 11 heavy (non-hydrogen) atoms. The Morgan fingerprint density at radius 2 is 1.73 bits per heavy atom. The molecule has 0 saturated carbocycles. The minimum Gasteiger partial charge on any atom is -0.493 e. The fourth-order valence-electron chi connectivity index (χ4n) is 0.835. The van der Waals surface area contributed by atoms with Crippen molar-refractivity contribution in [2.45, 2.75) is 6.92 Å². The Bertz CT molecular complexity index is 282. The van der Waals surface area contributed by atoms with Gasteiger partial charge in [0.25, 0.3) is 0 Å². The third-order valence-corrected chi connectivity index (χ3v) is 3.62. The van der Waals surface area contributed by atoms with Crippen LogP contribution >= 0.6 is 0 Å². The predicted molar refractivity (Wildman–Crippen MR) is 39.8 cm³/mol. The third-order valence-electron chi connectivity index (χ3n) is 1.79. The number of aliphatic hydroxyl groups excluding tert-OH is 1. The fourth-order valence-corrected chi connectivity index (χ4v) is 1.98. The van der Waals surface area contributed by atoms with Gasteiger partial charge in [-0.3, -0.25) is 4.31 Å². The SMILES string of the molecule is CC1=C(O)N(C)S(=O)(=O)N1C. The van der Waals surface area contributed by atoms with Crippen LogP contribution in [-0.4, -0.2) is 36.2 Å². The Balaban J connectivity index is 3.24. The summed E-state index contributed by atoms with van der Waals surface area (Å²) in [6, 6.07) is 0. The second-order valence-corrected chi connectivity index (χ2v) is 4.34. The number of rotatable bonds is 0. The lowest BCUT2D eigenvalue weighted by molar-refractivity contribution is 0.308. The highest BCUT2D eigenvalue weighted by Gasteiger charge is 2.35. The van der Waals surface area contributed by atoms with Crippen LogP contribution in [0.4, 0.5) is 0 Å². The maximum Gasteiger partial charge on any atom is 0.328 e. The highest BCUT2D eigenvalue weighted by atomic mass is 32.2. The molecule has 1 N–H and O–H groups in total. The van der Waals surface area contributed by atoms with E-state index >= 15 is 0 Å². The van der Waals surface area contributed by atoms with Gasteiger partial charge in [-0.25, -0.2) is 4.31 Å². The van der Waals surface area contributed by atoms with Crippen LogP contribution in [0.3, 0.4) is 0 Å². The van der Waals surface area contributed by atoms with E-state index < -0.39 is 10.2 Å². The summed E-state index contributed by atoms with van der Waals surface area (Å²) >= 11 is 0. The van der Waals surface area contributed by atoms with Crippen molar-refractivity contribution in [1.29, 1.82) is 0 Å². The van der Waals surface area contributed by atoms with E-state index in [0.717, 1.165) is 8.61 Å². The first-order chi connectivity index (χ1) is 4.89. The average Bonchev–Trinajstić information content (AvgIpc) is 2.06. The van der Waals surface area contributed by atoms with E-state index in [0.29, 0.717) is 5.70 Å². The van der Waals surface area contributed by atoms with Gasteiger partial charge < -0.3 is 5.11 Å². The monoisotopic (exact) mass is 178 g/mol. The molecule has 1 heterocycles. The topological polar surface area (TPSA) is 60.9 Å². The predicted octanol–water partition coefficient (Wildman–Crippen LogP) is -0.145. The van der Waals surface area contributed by atoms with E-state index in [1.807, 2.05) is 0 Å². The van der Waals surface area contributed by atoms with Gasteiger partial charge in [-0.1, -0.05) is 0 Å². The molecule has 0 aromatic heterocycles. The van der Waals surface area contributed by atoms with Gasteiger partial charge in [0, 0.05) is 14.1 Å². The van der Waals surface area contributed by atoms with Gasteiger partial charge in [0.05, 0.1) is 5.70 Å². The Morgan fingerprint density at radius 3 is 1.82 bits per heavy atom. The van der Waals surface area contributed by atoms with Crippen LogP contribution in [0.15, 0.2) is 11.6 Å². The minimum absolute atomic E-state index is 0.215. The molecule has 0 radical (unpaired) electrons. The molecule has 0 fully saturated rings. The van der Waals surface area contributed by atoms with Crippen LogP contribution in [0.25, 0.3) is 0 Å². The first-order valence-corrected chi connectivity index (χ1v) is 4.41. The summed E-state index contributed by atoms with van der Waals surface area (Å²) in [4.78, 5) is 0. The molecule has 0 amide bonds. The lowest BCUT2D eigenvalue weighted by Gasteiger charge is -2.13. The first kappa shape index (κ1) is 8.19. The molecule has 6 heteroatoms. The van der Waals surface area contributed by atoms with Crippen LogP contribution in [0.2, 0.25) is 0 Å². The van der Waals surface area contributed by atoms with Crippen molar-refractivity contribution in [2.24, 2.45) is 0 Å². The molecule has 0 unspecified atom stereocenters. The van der Waals surface area contributed by atoms with Crippen molar-refractivity contribution in [3.63, 3.8) is 0 Å². The molecule has 1 aliphatic heterocycles. The summed E-state index contributed by atoms with van der Waals surface area (Å²) in [6.07, 6.45) is 0. The highest BCUT2D eigenvalue weighted by Crippen LogP contribution is 2.24. The zero-order chi connectivity index (χ0) is 8.81. The number of hydrogen-bond donors (Lipinski definition) is 1. The van der Waals surface area contributed by atoms with E-state index in [2.05, 4.69) is 0 Å². The maximum absolute atomic E-state index is 11.2. The van der Waals surface area contributed by atoms with Crippen LogP contribution in [-0.2, 0) is 10.2 Å². The van der Waals surface area contributed by atoms with E-state index in [9.17, 15) is 8.42 Å². The standard InChI is InChI=1S/C5H10N2O3S/c1-4-5(8)7(3)11(9,10)6(4)2/h8H,1-3H3. The molecule has 0 bridgehead atoms. The van der Waals surface area contributed by atoms with E-state index in [1.54, 1.807) is 0 Å². The van der Waals surface area contributed by atoms with Crippen molar-refractivity contribution in [1.82, 2.24) is 8.61 Å². The molecule has 1 rings (SSSR count). The quantitative estimate of drug-likeness (QED) is 0.561. The largest absolute Gasteiger partial charge is 0.493 e. The summed E-state index contributed by atoms with van der Waals surface area (Å²) in [7, 11) is -0.763. The molecule has 0 aromatic rings. The molecule has 0 spiro atoms. The van der Waals surface area contributed by atoms with Crippen molar-refractivity contribution >= 4 is 10.2 Å². The van der Waals surface area contributed by atoms with Crippen molar-refractivity contribution < 1.29 is 13.5 Å². The molecule has 0 aliphatic carbocycles. The third kappa shape index (κ3) is 0.857. The molecule has 1 aliphatic rings. The van der Waals surface area contributed by atoms with Gasteiger partial charge in [0.2, 0.25) is 5.88 Å².